The molecule has 22 heavy (non-hydrogen) atoms. The zero-order valence-corrected chi connectivity index (χ0v) is 14.4. The topological polar surface area (TPSA) is 89.8 Å². The maximum atomic E-state index is 12.4. The fourth-order valence-electron chi connectivity index (χ4n) is 3.26. The van der Waals surface area contributed by atoms with E-state index >= 15 is 0 Å². The molecule has 2 heterocycles. The van der Waals surface area contributed by atoms with Crippen LogP contribution in [0.5, 0.6) is 0 Å². The number of alkyl halides is 1. The van der Waals surface area contributed by atoms with Gasteiger partial charge < -0.3 is 5.32 Å². The molecule has 6 nitrogen and oxygen atoms in total. The van der Waals surface area contributed by atoms with E-state index in [-0.39, 0.29) is 11.9 Å². The van der Waals surface area contributed by atoms with Crippen molar-refractivity contribution in [2.24, 2.45) is 5.92 Å². The lowest BCUT2D eigenvalue weighted by atomic mass is 9.83. The standard InChI is InChI=1S/C15H18IN5O/c1-8-4-9(6-17)7-18-13(8)15(22)19-10-2-3-12-11(5-10)14(16)21-20-12/h4,7,10-12,14,20-21H,2-3,5H2,1H3,(H,19,22). The minimum absolute atomic E-state index is 0.144. The number of rotatable bonds is 2. The van der Waals surface area contributed by atoms with E-state index < -0.39 is 0 Å². The zero-order chi connectivity index (χ0) is 15.7. The Hall–Kier alpha value is -1.24. The third kappa shape index (κ3) is 3.09. The van der Waals surface area contributed by atoms with Gasteiger partial charge in [-0.3, -0.25) is 10.2 Å². The maximum Gasteiger partial charge on any atom is 0.270 e. The molecule has 4 unspecified atom stereocenters. The molecule has 3 N–H and O–H groups in total. The summed E-state index contributed by atoms with van der Waals surface area (Å²) in [5, 5.41) is 12.0. The van der Waals surface area contributed by atoms with Crippen LogP contribution in [0.25, 0.3) is 0 Å². The van der Waals surface area contributed by atoms with Crippen LogP contribution in [-0.2, 0) is 0 Å². The second-order valence-electron chi connectivity index (χ2n) is 5.95. The van der Waals surface area contributed by atoms with Gasteiger partial charge >= 0.3 is 0 Å². The van der Waals surface area contributed by atoms with Gasteiger partial charge in [0.15, 0.2) is 0 Å². The van der Waals surface area contributed by atoms with Crippen molar-refractivity contribution in [2.75, 3.05) is 0 Å². The number of carbonyl (C=O) groups excluding carboxylic acids is 1. The van der Waals surface area contributed by atoms with Gasteiger partial charge in [0.25, 0.3) is 5.91 Å². The van der Waals surface area contributed by atoms with E-state index in [2.05, 4.69) is 43.7 Å². The van der Waals surface area contributed by atoms with E-state index in [0.29, 0.717) is 27.3 Å². The van der Waals surface area contributed by atoms with Crippen LogP contribution in [-0.4, -0.2) is 27.0 Å². The summed E-state index contributed by atoms with van der Waals surface area (Å²) < 4.78 is 0.400. The highest BCUT2D eigenvalue weighted by Gasteiger charge is 2.39. The molecule has 0 bridgehead atoms. The van der Waals surface area contributed by atoms with E-state index in [1.54, 1.807) is 6.07 Å². The Kier molecular flexibility index (Phi) is 4.61. The lowest BCUT2D eigenvalue weighted by Crippen LogP contribution is -2.44. The van der Waals surface area contributed by atoms with Crippen molar-refractivity contribution in [3.8, 4) is 6.07 Å². The number of halogens is 1. The summed E-state index contributed by atoms with van der Waals surface area (Å²) in [6.07, 6.45) is 4.45. The average Bonchev–Trinajstić information content (AvgIpc) is 2.88. The van der Waals surface area contributed by atoms with Gasteiger partial charge in [0.05, 0.1) is 9.61 Å². The fraction of sp³-hybridized carbons (Fsp3) is 0.533. The van der Waals surface area contributed by atoms with Gasteiger partial charge in [-0.05, 0) is 37.8 Å². The van der Waals surface area contributed by atoms with E-state index in [9.17, 15) is 4.79 Å². The number of pyridine rings is 1. The highest BCUT2D eigenvalue weighted by atomic mass is 127. The Morgan fingerprint density at radius 1 is 1.50 bits per heavy atom. The van der Waals surface area contributed by atoms with Gasteiger partial charge in [-0.1, -0.05) is 22.6 Å². The monoisotopic (exact) mass is 411 g/mol. The molecule has 7 heteroatoms. The summed E-state index contributed by atoms with van der Waals surface area (Å²) in [6.45, 7) is 1.81. The molecular weight excluding hydrogens is 393 g/mol. The van der Waals surface area contributed by atoms with Crippen LogP contribution in [0.15, 0.2) is 12.3 Å². The number of nitriles is 1. The quantitative estimate of drug-likeness (QED) is 0.389. The first-order valence-electron chi connectivity index (χ1n) is 7.41. The number of aromatic nitrogens is 1. The molecule has 1 aliphatic heterocycles. The molecule has 0 radical (unpaired) electrons. The van der Waals surface area contributed by atoms with Crippen LogP contribution in [0.3, 0.4) is 0 Å². The fourth-order valence-corrected chi connectivity index (χ4v) is 4.23. The Balaban J connectivity index is 1.66. The summed E-state index contributed by atoms with van der Waals surface area (Å²) in [4.78, 5) is 16.6. The normalized spacial score (nSPS) is 30.4. The number of nitrogens with one attached hydrogen (secondary N) is 3. The van der Waals surface area contributed by atoms with Gasteiger partial charge in [0.1, 0.15) is 11.8 Å². The third-order valence-electron chi connectivity index (χ3n) is 4.44. The summed E-state index contributed by atoms with van der Waals surface area (Å²) in [6, 6.07) is 4.42. The predicted molar refractivity (Wildman–Crippen MR) is 90.2 cm³/mol. The highest BCUT2D eigenvalue weighted by molar-refractivity contribution is 14.1. The molecule has 1 saturated heterocycles. The molecular formula is C15H18IN5O. The Labute approximate surface area is 143 Å². The first-order chi connectivity index (χ1) is 10.6. The summed E-state index contributed by atoms with van der Waals surface area (Å²) in [7, 11) is 0. The smallest absolute Gasteiger partial charge is 0.270 e. The van der Waals surface area contributed by atoms with E-state index in [1.165, 1.54) is 6.20 Å². The van der Waals surface area contributed by atoms with Crippen molar-refractivity contribution < 1.29 is 4.79 Å². The number of nitrogens with zero attached hydrogens (tertiary/aromatic N) is 2. The number of aryl methyl sites for hydroxylation is 1. The molecule has 1 amide bonds. The lowest BCUT2D eigenvalue weighted by Gasteiger charge is -2.32. The minimum Gasteiger partial charge on any atom is -0.348 e. The van der Waals surface area contributed by atoms with Gasteiger partial charge in [-0.25, -0.2) is 10.4 Å². The number of hydrazine groups is 1. The van der Waals surface area contributed by atoms with Gasteiger partial charge in [0.2, 0.25) is 0 Å². The molecule has 1 aromatic rings. The van der Waals surface area contributed by atoms with Gasteiger partial charge in [-0.2, -0.15) is 5.26 Å². The van der Waals surface area contributed by atoms with E-state index in [1.807, 2.05) is 13.0 Å². The van der Waals surface area contributed by atoms with Crippen LogP contribution in [0.1, 0.15) is 40.9 Å². The van der Waals surface area contributed by atoms with Crippen molar-refractivity contribution in [1.82, 2.24) is 21.2 Å². The Bertz CT molecular complexity index is 629. The average molecular weight is 411 g/mol. The van der Waals surface area contributed by atoms with Crippen molar-refractivity contribution >= 4 is 28.5 Å². The van der Waals surface area contributed by atoms with Crippen LogP contribution in [0.4, 0.5) is 0 Å². The van der Waals surface area contributed by atoms with Crippen molar-refractivity contribution in [3.05, 3.63) is 29.1 Å². The zero-order valence-electron chi connectivity index (χ0n) is 12.3. The van der Waals surface area contributed by atoms with Crippen LogP contribution < -0.4 is 16.2 Å². The molecule has 116 valence electrons. The molecule has 0 aromatic carbocycles. The second kappa shape index (κ2) is 6.48. The molecule has 2 aliphatic rings. The molecule has 0 spiro atoms. The van der Waals surface area contributed by atoms with Gasteiger partial charge in [-0.15, -0.1) is 0 Å². The largest absolute Gasteiger partial charge is 0.348 e. The molecule has 1 aliphatic carbocycles. The predicted octanol–water partition coefficient (Wildman–Crippen LogP) is 1.40. The minimum atomic E-state index is -0.144. The maximum absolute atomic E-state index is 12.4. The van der Waals surface area contributed by atoms with E-state index in [0.717, 1.165) is 24.8 Å². The van der Waals surface area contributed by atoms with Crippen LogP contribution in [0, 0.1) is 24.2 Å². The lowest BCUT2D eigenvalue weighted by molar-refractivity contribution is 0.0912. The van der Waals surface area contributed by atoms with Crippen molar-refractivity contribution in [1.29, 1.82) is 5.26 Å². The number of amides is 1. The molecule has 4 atom stereocenters. The SMILES string of the molecule is Cc1cc(C#N)cnc1C(=O)NC1CCC2NNC(I)C2C1. The van der Waals surface area contributed by atoms with E-state index in [4.69, 9.17) is 5.26 Å². The molecule has 1 aromatic heterocycles. The summed E-state index contributed by atoms with van der Waals surface area (Å²) in [5.74, 6) is 0.393. The first kappa shape index (κ1) is 15.6. The number of hydrogen-bond donors (Lipinski definition) is 3. The number of hydrogen-bond acceptors (Lipinski definition) is 5. The Morgan fingerprint density at radius 2 is 2.32 bits per heavy atom. The van der Waals surface area contributed by atoms with Gasteiger partial charge in [0, 0.05) is 24.2 Å². The molecule has 2 fully saturated rings. The number of carbonyl (C=O) groups is 1. The third-order valence-corrected chi connectivity index (χ3v) is 5.67. The van der Waals surface area contributed by atoms with Crippen LogP contribution >= 0.6 is 22.6 Å². The highest BCUT2D eigenvalue weighted by Crippen LogP contribution is 2.33. The summed E-state index contributed by atoms with van der Waals surface area (Å²) in [5.41, 5.74) is 8.22. The number of fused-ring (bicyclic) bond motifs is 1. The summed E-state index contributed by atoms with van der Waals surface area (Å²) >= 11 is 2.41. The second-order valence-corrected chi connectivity index (χ2v) is 7.29. The Morgan fingerprint density at radius 3 is 3.05 bits per heavy atom. The van der Waals surface area contributed by atoms with Crippen LogP contribution in [0.2, 0.25) is 0 Å². The molecule has 1 saturated carbocycles. The van der Waals surface area contributed by atoms with Crippen molar-refractivity contribution in [3.63, 3.8) is 0 Å². The first-order valence-corrected chi connectivity index (χ1v) is 8.66. The van der Waals surface area contributed by atoms with Crippen molar-refractivity contribution in [2.45, 2.75) is 42.3 Å². The molecule has 3 rings (SSSR count).